The predicted octanol–water partition coefficient (Wildman–Crippen LogP) is 2.87. The van der Waals surface area contributed by atoms with Gasteiger partial charge >= 0.3 is 0 Å². The lowest BCUT2D eigenvalue weighted by Crippen LogP contribution is -2.07. The van der Waals surface area contributed by atoms with E-state index in [0.29, 0.717) is 12.5 Å². The predicted molar refractivity (Wildman–Crippen MR) is 75.4 cm³/mol. The summed E-state index contributed by atoms with van der Waals surface area (Å²) in [6, 6.07) is 7.98. The smallest absolute Gasteiger partial charge is 0.138 e. The summed E-state index contributed by atoms with van der Waals surface area (Å²) in [5, 5.41) is 4.18. The number of nitrogens with zero attached hydrogens (tertiary/aromatic N) is 2. The number of benzene rings is 1. The summed E-state index contributed by atoms with van der Waals surface area (Å²) in [6.07, 6.45) is 6.15. The maximum absolute atomic E-state index is 5.28. The van der Waals surface area contributed by atoms with Gasteiger partial charge in [-0.15, -0.1) is 6.42 Å². The summed E-state index contributed by atoms with van der Waals surface area (Å²) in [7, 11) is 0. The van der Waals surface area contributed by atoms with Crippen molar-refractivity contribution in [3.05, 3.63) is 30.1 Å². The highest BCUT2D eigenvalue weighted by Gasteiger charge is 2.08. The largest absolute Gasteiger partial charge is 0.359 e. The molecule has 1 heterocycles. The van der Waals surface area contributed by atoms with Gasteiger partial charge in [-0.2, -0.15) is 0 Å². The van der Waals surface area contributed by atoms with Crippen molar-refractivity contribution in [2.75, 3.05) is 11.9 Å². The molecule has 0 radical (unpaired) electrons. The molecule has 0 unspecified atom stereocenters. The number of terminal acetylenes is 1. The Balaban J connectivity index is 2.47. The highest BCUT2D eigenvalue weighted by Crippen LogP contribution is 2.20. The average molecular weight is 239 g/mol. The van der Waals surface area contributed by atoms with Crippen LogP contribution in [0.1, 0.15) is 19.7 Å². The first-order valence-electron chi connectivity index (χ1n) is 6.13. The molecule has 0 aliphatic heterocycles. The van der Waals surface area contributed by atoms with Crippen LogP contribution >= 0.6 is 0 Å². The monoisotopic (exact) mass is 239 g/mol. The SMILES string of the molecule is C#CCNc1nc(CC(C)C)nc2ccccc12. The molecule has 1 aromatic carbocycles. The second-order valence-corrected chi connectivity index (χ2v) is 4.66. The molecule has 0 fully saturated rings. The van der Waals surface area contributed by atoms with Crippen molar-refractivity contribution in [1.29, 1.82) is 0 Å². The molecule has 0 spiro atoms. The van der Waals surface area contributed by atoms with E-state index in [4.69, 9.17) is 6.42 Å². The molecule has 0 aliphatic carbocycles. The van der Waals surface area contributed by atoms with Gasteiger partial charge in [0.15, 0.2) is 0 Å². The lowest BCUT2D eigenvalue weighted by molar-refractivity contribution is 0.623. The number of rotatable bonds is 4. The summed E-state index contributed by atoms with van der Waals surface area (Å²) in [5.41, 5.74) is 0.961. The van der Waals surface area contributed by atoms with Crippen LogP contribution in [0.15, 0.2) is 24.3 Å². The standard InChI is InChI=1S/C15H17N3/c1-4-9-16-15-12-7-5-6-8-13(12)17-14(18-15)10-11(2)3/h1,5-8,11H,9-10H2,2-3H3,(H,16,17,18). The summed E-state index contributed by atoms with van der Waals surface area (Å²) >= 11 is 0. The van der Waals surface area contributed by atoms with E-state index in [2.05, 4.69) is 35.1 Å². The van der Waals surface area contributed by atoms with Crippen LogP contribution in [0.5, 0.6) is 0 Å². The fraction of sp³-hybridized carbons (Fsp3) is 0.333. The molecule has 1 N–H and O–H groups in total. The van der Waals surface area contributed by atoms with Gasteiger partial charge in [0.1, 0.15) is 11.6 Å². The number of anilines is 1. The summed E-state index contributed by atoms with van der Waals surface area (Å²) in [5.74, 6) is 4.80. The van der Waals surface area contributed by atoms with Crippen LogP contribution < -0.4 is 5.32 Å². The number of aromatic nitrogens is 2. The number of fused-ring (bicyclic) bond motifs is 1. The number of hydrogen-bond donors (Lipinski definition) is 1. The van der Waals surface area contributed by atoms with Gasteiger partial charge in [0.2, 0.25) is 0 Å². The maximum Gasteiger partial charge on any atom is 0.138 e. The van der Waals surface area contributed by atoms with Gasteiger partial charge in [-0.25, -0.2) is 9.97 Å². The molecule has 2 aromatic rings. The Bertz CT molecular complexity index is 582. The lowest BCUT2D eigenvalue weighted by atomic mass is 10.1. The maximum atomic E-state index is 5.28. The van der Waals surface area contributed by atoms with E-state index in [-0.39, 0.29) is 0 Å². The molecule has 0 saturated heterocycles. The second-order valence-electron chi connectivity index (χ2n) is 4.66. The molecule has 2 rings (SSSR count). The molecule has 0 amide bonds. The van der Waals surface area contributed by atoms with E-state index in [1.54, 1.807) is 0 Å². The first-order chi connectivity index (χ1) is 8.70. The Hall–Kier alpha value is -2.08. The third-order valence-electron chi connectivity index (χ3n) is 2.60. The molecule has 18 heavy (non-hydrogen) atoms. The van der Waals surface area contributed by atoms with Gasteiger partial charge < -0.3 is 5.32 Å². The molecule has 3 nitrogen and oxygen atoms in total. The molecule has 1 aromatic heterocycles. The fourth-order valence-corrected chi connectivity index (χ4v) is 1.85. The zero-order chi connectivity index (χ0) is 13.0. The third-order valence-corrected chi connectivity index (χ3v) is 2.60. The highest BCUT2D eigenvalue weighted by molar-refractivity contribution is 5.89. The highest BCUT2D eigenvalue weighted by atomic mass is 15.0. The molecular formula is C15H17N3. The van der Waals surface area contributed by atoms with Gasteiger partial charge in [-0.05, 0) is 18.1 Å². The van der Waals surface area contributed by atoms with E-state index < -0.39 is 0 Å². The zero-order valence-electron chi connectivity index (χ0n) is 10.8. The first kappa shape index (κ1) is 12.4. The van der Waals surface area contributed by atoms with Crippen molar-refractivity contribution >= 4 is 16.7 Å². The summed E-state index contributed by atoms with van der Waals surface area (Å²) < 4.78 is 0. The van der Waals surface area contributed by atoms with Gasteiger partial charge in [-0.3, -0.25) is 0 Å². The fourth-order valence-electron chi connectivity index (χ4n) is 1.85. The normalized spacial score (nSPS) is 10.6. The van der Waals surface area contributed by atoms with Crippen molar-refractivity contribution in [3.63, 3.8) is 0 Å². The van der Waals surface area contributed by atoms with Crippen LogP contribution in [0.4, 0.5) is 5.82 Å². The molecule has 0 aliphatic rings. The van der Waals surface area contributed by atoms with E-state index in [1.807, 2.05) is 24.3 Å². The number of para-hydroxylation sites is 1. The Morgan fingerprint density at radius 1 is 1.28 bits per heavy atom. The van der Waals surface area contributed by atoms with Crippen LogP contribution in [0.2, 0.25) is 0 Å². The minimum Gasteiger partial charge on any atom is -0.359 e. The van der Waals surface area contributed by atoms with Crippen molar-refractivity contribution in [2.24, 2.45) is 5.92 Å². The quantitative estimate of drug-likeness (QED) is 0.834. The molecular weight excluding hydrogens is 222 g/mol. The Morgan fingerprint density at radius 3 is 2.78 bits per heavy atom. The topological polar surface area (TPSA) is 37.8 Å². The second kappa shape index (κ2) is 5.50. The van der Waals surface area contributed by atoms with Crippen LogP contribution in [0, 0.1) is 18.3 Å². The zero-order valence-corrected chi connectivity index (χ0v) is 10.8. The molecule has 0 atom stereocenters. The van der Waals surface area contributed by atoms with Crippen LogP contribution in [0.3, 0.4) is 0 Å². The van der Waals surface area contributed by atoms with Gasteiger partial charge in [0, 0.05) is 11.8 Å². The van der Waals surface area contributed by atoms with Crippen molar-refractivity contribution in [2.45, 2.75) is 20.3 Å². The average Bonchev–Trinajstić information content (AvgIpc) is 2.35. The third kappa shape index (κ3) is 2.78. The number of nitrogens with one attached hydrogen (secondary N) is 1. The van der Waals surface area contributed by atoms with Gasteiger partial charge in [0.05, 0.1) is 12.1 Å². The van der Waals surface area contributed by atoms with E-state index in [1.165, 1.54) is 0 Å². The van der Waals surface area contributed by atoms with Crippen LogP contribution in [-0.4, -0.2) is 16.5 Å². The minimum absolute atomic E-state index is 0.474. The Kier molecular flexibility index (Phi) is 3.78. The molecule has 3 heteroatoms. The summed E-state index contributed by atoms with van der Waals surface area (Å²) in [4.78, 5) is 9.14. The van der Waals surface area contributed by atoms with E-state index in [9.17, 15) is 0 Å². The number of hydrogen-bond acceptors (Lipinski definition) is 3. The summed E-state index contributed by atoms with van der Waals surface area (Å²) in [6.45, 7) is 4.79. The minimum atomic E-state index is 0.474. The van der Waals surface area contributed by atoms with Crippen LogP contribution in [-0.2, 0) is 6.42 Å². The van der Waals surface area contributed by atoms with Gasteiger partial charge in [0.25, 0.3) is 0 Å². The van der Waals surface area contributed by atoms with Crippen LogP contribution in [0.25, 0.3) is 10.9 Å². The molecule has 0 saturated carbocycles. The Morgan fingerprint density at radius 2 is 2.06 bits per heavy atom. The molecule has 92 valence electrons. The van der Waals surface area contributed by atoms with E-state index >= 15 is 0 Å². The van der Waals surface area contributed by atoms with Gasteiger partial charge in [-0.1, -0.05) is 31.9 Å². The van der Waals surface area contributed by atoms with E-state index in [0.717, 1.165) is 29.0 Å². The van der Waals surface area contributed by atoms with Crippen molar-refractivity contribution in [3.8, 4) is 12.3 Å². The molecule has 0 bridgehead atoms. The van der Waals surface area contributed by atoms with Crippen molar-refractivity contribution < 1.29 is 0 Å². The first-order valence-corrected chi connectivity index (χ1v) is 6.13. The Labute approximate surface area is 108 Å². The van der Waals surface area contributed by atoms with Crippen molar-refractivity contribution in [1.82, 2.24) is 9.97 Å². The lowest BCUT2D eigenvalue weighted by Gasteiger charge is -2.10.